The smallest absolute Gasteiger partial charge is 0.220 e. The molecule has 0 bridgehead atoms. The largest absolute Gasteiger partial charge is 0.350 e. The Balaban J connectivity index is 1.87. The van der Waals surface area contributed by atoms with Crippen LogP contribution in [0.15, 0.2) is 24.3 Å². The minimum atomic E-state index is -0.735. The number of nitrogens with one attached hydrogen (secondary N) is 1. The maximum atomic E-state index is 11.9. The van der Waals surface area contributed by atoms with Crippen LogP contribution >= 0.6 is 34.8 Å². The van der Waals surface area contributed by atoms with E-state index in [-0.39, 0.29) is 23.8 Å². The van der Waals surface area contributed by atoms with Gasteiger partial charge in [-0.25, -0.2) is 0 Å². The van der Waals surface area contributed by atoms with Crippen LogP contribution in [0, 0.1) is 11.8 Å². The number of rotatable bonds is 4. The molecule has 1 saturated carbocycles. The maximum Gasteiger partial charge on any atom is 0.220 e. The van der Waals surface area contributed by atoms with E-state index in [4.69, 9.17) is 34.8 Å². The number of alkyl halides is 2. The summed E-state index contributed by atoms with van der Waals surface area (Å²) in [6, 6.07) is 7.37. The summed E-state index contributed by atoms with van der Waals surface area (Å²) in [5.41, 5.74) is 1.02. The van der Waals surface area contributed by atoms with E-state index in [1.165, 1.54) is 0 Å². The maximum absolute atomic E-state index is 11.9. The quantitative estimate of drug-likeness (QED) is 0.821. The Morgan fingerprint density at radius 2 is 1.89 bits per heavy atom. The average molecular weight is 321 g/mol. The molecule has 3 unspecified atom stereocenters. The first-order chi connectivity index (χ1) is 8.82. The van der Waals surface area contributed by atoms with Gasteiger partial charge in [0, 0.05) is 17.4 Å². The molecule has 1 N–H and O–H groups in total. The van der Waals surface area contributed by atoms with Gasteiger partial charge >= 0.3 is 0 Å². The Morgan fingerprint density at radius 3 is 2.37 bits per heavy atom. The number of hydrogen-bond donors (Lipinski definition) is 1. The number of benzene rings is 1. The molecule has 5 heteroatoms. The number of carbonyl (C=O) groups is 1. The molecule has 1 aliphatic rings. The summed E-state index contributed by atoms with van der Waals surface area (Å²) in [5.74, 6) is 0.197. The van der Waals surface area contributed by atoms with Crippen molar-refractivity contribution >= 4 is 40.7 Å². The predicted molar refractivity (Wildman–Crippen MR) is 79.7 cm³/mol. The predicted octanol–water partition coefficient (Wildman–Crippen LogP) is 4.35. The van der Waals surface area contributed by atoms with Crippen molar-refractivity contribution in [1.82, 2.24) is 5.32 Å². The lowest BCUT2D eigenvalue weighted by Crippen LogP contribution is -2.27. The highest BCUT2D eigenvalue weighted by molar-refractivity contribution is 6.51. The molecule has 3 atom stereocenters. The molecule has 0 radical (unpaired) electrons. The van der Waals surface area contributed by atoms with E-state index in [9.17, 15) is 4.79 Å². The molecule has 0 aromatic heterocycles. The Morgan fingerprint density at radius 1 is 1.37 bits per heavy atom. The van der Waals surface area contributed by atoms with E-state index < -0.39 is 4.33 Å². The van der Waals surface area contributed by atoms with Gasteiger partial charge in [0.25, 0.3) is 0 Å². The average Bonchev–Trinajstić information content (AvgIpc) is 2.80. The van der Waals surface area contributed by atoms with Gasteiger partial charge in [-0.15, -0.1) is 23.2 Å². The van der Waals surface area contributed by atoms with Crippen molar-refractivity contribution in [3.8, 4) is 0 Å². The Labute approximate surface area is 128 Å². The molecular weight excluding hydrogens is 305 g/mol. The normalized spacial score (nSPS) is 25.7. The Hall–Kier alpha value is -0.440. The fourth-order valence-electron chi connectivity index (χ4n) is 2.21. The lowest BCUT2D eigenvalue weighted by Gasteiger charge is -2.14. The van der Waals surface area contributed by atoms with Crippen LogP contribution in [0.3, 0.4) is 0 Å². The number of carbonyl (C=O) groups excluding carboxylic acids is 1. The lowest BCUT2D eigenvalue weighted by molar-refractivity contribution is -0.122. The number of halogens is 3. The van der Waals surface area contributed by atoms with Gasteiger partial charge in [-0.3, -0.25) is 4.79 Å². The first kappa shape index (κ1) is 15.0. The summed E-state index contributed by atoms with van der Waals surface area (Å²) in [5, 5.41) is 3.63. The number of hydrogen-bond acceptors (Lipinski definition) is 1. The zero-order chi connectivity index (χ0) is 14.2. The highest BCUT2D eigenvalue weighted by atomic mass is 35.5. The van der Waals surface area contributed by atoms with Crippen LogP contribution in [0.4, 0.5) is 0 Å². The second-order valence-electron chi connectivity index (χ2n) is 5.11. The molecule has 2 nitrogen and oxygen atoms in total. The van der Waals surface area contributed by atoms with Crippen LogP contribution in [-0.2, 0) is 4.79 Å². The van der Waals surface area contributed by atoms with Crippen LogP contribution in [0.25, 0.3) is 0 Å². The topological polar surface area (TPSA) is 29.1 Å². The second-order valence-corrected chi connectivity index (χ2v) is 7.00. The fraction of sp³-hybridized carbons (Fsp3) is 0.500. The van der Waals surface area contributed by atoms with Crippen molar-refractivity contribution in [3.05, 3.63) is 34.9 Å². The summed E-state index contributed by atoms with van der Waals surface area (Å²) in [6.07, 6.45) is 0.367. The van der Waals surface area contributed by atoms with Crippen LogP contribution in [-0.4, -0.2) is 10.2 Å². The third-order valence-corrected chi connectivity index (χ3v) is 5.25. The molecule has 104 valence electrons. The van der Waals surface area contributed by atoms with Crippen molar-refractivity contribution < 1.29 is 4.79 Å². The zero-order valence-corrected chi connectivity index (χ0v) is 13.1. The molecule has 2 rings (SSSR count). The van der Waals surface area contributed by atoms with Gasteiger partial charge in [-0.2, -0.15) is 0 Å². The third kappa shape index (κ3) is 3.36. The number of amides is 1. The molecule has 0 aliphatic heterocycles. The van der Waals surface area contributed by atoms with Gasteiger partial charge in [0.2, 0.25) is 5.91 Å². The third-order valence-electron chi connectivity index (χ3n) is 3.75. The van der Waals surface area contributed by atoms with Gasteiger partial charge in [0.1, 0.15) is 4.33 Å². The molecule has 1 aromatic carbocycles. The van der Waals surface area contributed by atoms with Gasteiger partial charge in [0.05, 0.1) is 6.04 Å². The molecule has 19 heavy (non-hydrogen) atoms. The Bertz CT molecular complexity index is 472. The summed E-state index contributed by atoms with van der Waals surface area (Å²) >= 11 is 17.9. The molecule has 0 spiro atoms. The van der Waals surface area contributed by atoms with Gasteiger partial charge in [-0.1, -0.05) is 30.7 Å². The highest BCUT2D eigenvalue weighted by Gasteiger charge is 2.60. The fourth-order valence-corrected chi connectivity index (χ4v) is 3.04. The van der Waals surface area contributed by atoms with E-state index in [1.807, 2.05) is 38.1 Å². The molecular formula is C14H16Cl3NO. The minimum absolute atomic E-state index is 0.0255. The first-order valence-corrected chi connectivity index (χ1v) is 7.38. The summed E-state index contributed by atoms with van der Waals surface area (Å²) in [4.78, 5) is 11.9. The van der Waals surface area contributed by atoms with E-state index in [0.717, 1.165) is 5.56 Å². The zero-order valence-electron chi connectivity index (χ0n) is 10.8. The van der Waals surface area contributed by atoms with Crippen LogP contribution in [0.5, 0.6) is 0 Å². The second kappa shape index (κ2) is 5.51. The van der Waals surface area contributed by atoms with Crippen molar-refractivity contribution in [2.24, 2.45) is 11.8 Å². The van der Waals surface area contributed by atoms with Crippen LogP contribution in [0.2, 0.25) is 5.02 Å². The van der Waals surface area contributed by atoms with Crippen LogP contribution < -0.4 is 5.32 Å². The van der Waals surface area contributed by atoms with Crippen molar-refractivity contribution in [2.45, 2.75) is 30.6 Å². The van der Waals surface area contributed by atoms with Crippen molar-refractivity contribution in [3.63, 3.8) is 0 Å². The first-order valence-electron chi connectivity index (χ1n) is 6.25. The van der Waals surface area contributed by atoms with Gasteiger partial charge in [-0.05, 0) is 30.5 Å². The van der Waals surface area contributed by atoms with Gasteiger partial charge < -0.3 is 5.32 Å². The molecule has 1 amide bonds. The standard InChI is InChI=1S/C14H16Cl3NO/c1-8-12(14(8,16)17)7-13(19)18-9(2)10-3-5-11(15)6-4-10/h3-6,8-9,12H,7H2,1-2H3,(H,18,19). The van der Waals surface area contributed by atoms with Crippen LogP contribution in [0.1, 0.15) is 31.9 Å². The molecule has 0 heterocycles. The summed E-state index contributed by atoms with van der Waals surface area (Å²) in [7, 11) is 0. The lowest BCUT2D eigenvalue weighted by atomic mass is 10.1. The van der Waals surface area contributed by atoms with Crippen molar-refractivity contribution in [1.29, 1.82) is 0 Å². The summed E-state index contributed by atoms with van der Waals surface area (Å²) < 4.78 is -0.735. The van der Waals surface area contributed by atoms with E-state index in [2.05, 4.69) is 5.32 Å². The Kier molecular flexibility index (Phi) is 4.34. The highest BCUT2D eigenvalue weighted by Crippen LogP contribution is 2.60. The molecule has 0 saturated heterocycles. The summed E-state index contributed by atoms with van der Waals surface area (Å²) in [6.45, 7) is 3.90. The molecule has 1 aliphatic carbocycles. The molecule has 1 fully saturated rings. The van der Waals surface area contributed by atoms with Gasteiger partial charge in [0.15, 0.2) is 0 Å². The minimum Gasteiger partial charge on any atom is -0.350 e. The van der Waals surface area contributed by atoms with E-state index in [1.54, 1.807) is 0 Å². The van der Waals surface area contributed by atoms with E-state index >= 15 is 0 Å². The monoisotopic (exact) mass is 319 g/mol. The van der Waals surface area contributed by atoms with Crippen molar-refractivity contribution in [2.75, 3.05) is 0 Å². The SMILES string of the molecule is CC(NC(=O)CC1C(C)C1(Cl)Cl)c1ccc(Cl)cc1. The van der Waals surface area contributed by atoms with E-state index in [0.29, 0.717) is 11.4 Å². The molecule has 1 aromatic rings.